The number of ether oxygens (including phenoxy) is 3. The van der Waals surface area contributed by atoms with Crippen LogP contribution in [0.25, 0.3) is 0 Å². The third-order valence-corrected chi connectivity index (χ3v) is 11.6. The van der Waals surface area contributed by atoms with Crippen molar-refractivity contribution in [3.05, 3.63) is 0 Å². The summed E-state index contributed by atoms with van der Waals surface area (Å²) in [4.78, 5) is 24.2. The average molecular weight is 461 g/mol. The normalized spacial score (nSPS) is 57.2. The quantitative estimate of drug-likeness (QED) is 0.604. The maximum atomic E-state index is 12.3. The lowest BCUT2D eigenvalue weighted by atomic mass is 9.45. The number of carbonyl (C=O) groups is 2. The van der Waals surface area contributed by atoms with Crippen LogP contribution in [0.1, 0.15) is 79.1 Å². The summed E-state index contributed by atoms with van der Waals surface area (Å²) < 4.78 is 19.1. The predicted molar refractivity (Wildman–Crippen MR) is 120 cm³/mol. The molecule has 0 aromatic carbocycles. The molecular weight excluding hydrogens is 420 g/mol. The fourth-order valence-electron chi connectivity index (χ4n) is 10.1. The highest BCUT2D eigenvalue weighted by molar-refractivity contribution is 5.73. The minimum atomic E-state index is -0.754. The Hall–Kier alpha value is -1.14. The monoisotopic (exact) mass is 460 g/mol. The molecule has 0 radical (unpaired) electrons. The molecule has 3 saturated heterocycles. The molecule has 3 heterocycles. The largest absolute Gasteiger partial charge is 0.481 e. The molecule has 6 heteroatoms. The minimum absolute atomic E-state index is 0.0312. The van der Waals surface area contributed by atoms with Crippen LogP contribution in [-0.2, 0) is 23.8 Å². The SMILES string of the molecule is C[C@@H]1CC[C@@]2(OC1)O[C@@H]1C[C@H]3[C@@H]4C[C@@H]5OC(=O)C[C@@H]5[C@](C)(CC(=O)O)[C@@H]4CC[C@]3(C)[C@@H]1[C@@H]2C. The predicted octanol–water partition coefficient (Wildman–Crippen LogP) is 4.65. The molecule has 1 spiro atoms. The number of carbonyl (C=O) groups excluding carboxylic acids is 1. The average Bonchev–Trinajstić information content (AvgIpc) is 3.34. The molecule has 3 aliphatic heterocycles. The molecule has 6 nitrogen and oxygen atoms in total. The van der Waals surface area contributed by atoms with Gasteiger partial charge in [-0.3, -0.25) is 9.59 Å². The summed E-state index contributed by atoms with van der Waals surface area (Å²) in [6.07, 6.45) is 6.83. The second-order valence-electron chi connectivity index (χ2n) is 13.0. The van der Waals surface area contributed by atoms with Gasteiger partial charge < -0.3 is 19.3 Å². The number of carboxylic acid groups (broad SMARTS) is 1. The fourth-order valence-corrected chi connectivity index (χ4v) is 10.1. The highest BCUT2D eigenvalue weighted by Crippen LogP contribution is 2.71. The molecule has 12 atom stereocenters. The summed E-state index contributed by atoms with van der Waals surface area (Å²) >= 11 is 0. The molecule has 6 fully saturated rings. The Bertz CT molecular complexity index is 848. The van der Waals surface area contributed by atoms with Gasteiger partial charge in [-0.2, -0.15) is 0 Å². The number of rotatable bonds is 2. The van der Waals surface area contributed by atoms with E-state index in [-0.39, 0.29) is 41.3 Å². The van der Waals surface area contributed by atoms with E-state index in [0.29, 0.717) is 41.9 Å². The van der Waals surface area contributed by atoms with E-state index < -0.39 is 11.8 Å². The molecule has 6 rings (SSSR count). The van der Waals surface area contributed by atoms with Gasteiger partial charge >= 0.3 is 11.9 Å². The van der Waals surface area contributed by atoms with Crippen molar-refractivity contribution in [2.24, 2.45) is 52.3 Å². The van der Waals surface area contributed by atoms with Gasteiger partial charge in [-0.25, -0.2) is 0 Å². The maximum Gasteiger partial charge on any atom is 0.306 e. The molecular formula is C27H40O6. The molecule has 3 aliphatic carbocycles. The molecule has 1 N–H and O–H groups in total. The van der Waals surface area contributed by atoms with E-state index >= 15 is 0 Å². The number of esters is 1. The van der Waals surface area contributed by atoms with Crippen LogP contribution in [0.4, 0.5) is 0 Å². The summed E-state index contributed by atoms with van der Waals surface area (Å²) in [5.41, 5.74) is -0.221. The minimum Gasteiger partial charge on any atom is -0.481 e. The first-order chi connectivity index (χ1) is 15.6. The smallest absolute Gasteiger partial charge is 0.306 e. The van der Waals surface area contributed by atoms with Crippen LogP contribution in [0.2, 0.25) is 0 Å². The third kappa shape index (κ3) is 2.98. The van der Waals surface area contributed by atoms with Crippen LogP contribution in [0.3, 0.4) is 0 Å². The van der Waals surface area contributed by atoms with Gasteiger partial charge in [0.2, 0.25) is 0 Å². The van der Waals surface area contributed by atoms with Crippen LogP contribution in [0.15, 0.2) is 0 Å². The van der Waals surface area contributed by atoms with Crippen molar-refractivity contribution in [2.45, 2.75) is 97.1 Å². The molecule has 184 valence electrons. The zero-order chi connectivity index (χ0) is 23.3. The van der Waals surface area contributed by atoms with Crippen molar-refractivity contribution >= 4 is 11.9 Å². The second kappa shape index (κ2) is 7.19. The van der Waals surface area contributed by atoms with Crippen molar-refractivity contribution < 1.29 is 28.9 Å². The van der Waals surface area contributed by atoms with Crippen molar-refractivity contribution in [2.75, 3.05) is 6.61 Å². The molecule has 0 bridgehead atoms. The highest BCUT2D eigenvalue weighted by atomic mass is 16.7. The van der Waals surface area contributed by atoms with E-state index in [1.807, 2.05) is 0 Å². The van der Waals surface area contributed by atoms with Crippen LogP contribution < -0.4 is 0 Å². The Morgan fingerprint density at radius 1 is 1.06 bits per heavy atom. The third-order valence-electron chi connectivity index (χ3n) is 11.6. The zero-order valence-electron chi connectivity index (χ0n) is 20.5. The first-order valence-electron chi connectivity index (χ1n) is 13.3. The van der Waals surface area contributed by atoms with Gasteiger partial charge in [-0.05, 0) is 72.5 Å². The molecule has 3 saturated carbocycles. The maximum absolute atomic E-state index is 12.3. The molecule has 0 amide bonds. The van der Waals surface area contributed by atoms with Gasteiger partial charge in [0, 0.05) is 18.3 Å². The lowest BCUT2D eigenvalue weighted by Crippen LogP contribution is -2.56. The molecule has 6 aliphatic rings. The Morgan fingerprint density at radius 3 is 2.55 bits per heavy atom. The van der Waals surface area contributed by atoms with Crippen molar-refractivity contribution in [1.82, 2.24) is 0 Å². The summed E-state index contributed by atoms with van der Waals surface area (Å²) in [5.74, 6) is 1.38. The van der Waals surface area contributed by atoms with E-state index in [2.05, 4.69) is 27.7 Å². The van der Waals surface area contributed by atoms with Crippen LogP contribution >= 0.6 is 0 Å². The zero-order valence-corrected chi connectivity index (χ0v) is 20.5. The van der Waals surface area contributed by atoms with Gasteiger partial charge in [0.05, 0.1) is 25.6 Å². The number of carboxylic acids is 1. The number of fused-ring (bicyclic) bond motifs is 6. The van der Waals surface area contributed by atoms with Crippen molar-refractivity contribution in [3.63, 3.8) is 0 Å². The lowest BCUT2D eigenvalue weighted by Gasteiger charge is -2.59. The fraction of sp³-hybridized carbons (Fsp3) is 0.926. The van der Waals surface area contributed by atoms with Gasteiger partial charge in [-0.1, -0.05) is 27.7 Å². The molecule has 0 unspecified atom stereocenters. The number of hydrogen-bond acceptors (Lipinski definition) is 5. The number of aliphatic carboxylic acids is 1. The standard InChI is InChI=1S/C27H40O6/c1-14-5-8-27(31-13-14)15(2)24-21(33-27)10-18-16-9-20-19(11-23(30)32-20)26(4,12-22(28)29)17(16)6-7-25(18,24)3/h14-21,24H,5-13H2,1-4H3,(H,28,29)/t14-,15+,16-,17-,18+,19+,20+,21-,24-,25+,26-,27-/m1/s1. The first kappa shape index (κ1) is 22.3. The lowest BCUT2D eigenvalue weighted by molar-refractivity contribution is -0.273. The molecule has 33 heavy (non-hydrogen) atoms. The summed E-state index contributed by atoms with van der Waals surface area (Å²) in [6, 6.07) is 0. The van der Waals surface area contributed by atoms with Gasteiger partial charge in [0.15, 0.2) is 5.79 Å². The van der Waals surface area contributed by atoms with E-state index in [1.165, 1.54) is 0 Å². The Kier molecular flexibility index (Phi) is 4.87. The van der Waals surface area contributed by atoms with Crippen molar-refractivity contribution in [3.8, 4) is 0 Å². The van der Waals surface area contributed by atoms with Gasteiger partial charge in [0.25, 0.3) is 0 Å². The van der Waals surface area contributed by atoms with Gasteiger partial charge in [-0.15, -0.1) is 0 Å². The van der Waals surface area contributed by atoms with E-state index in [0.717, 1.165) is 45.1 Å². The van der Waals surface area contributed by atoms with Crippen LogP contribution in [-0.4, -0.2) is 41.6 Å². The van der Waals surface area contributed by atoms with E-state index in [9.17, 15) is 14.7 Å². The Labute approximate surface area is 197 Å². The van der Waals surface area contributed by atoms with Crippen LogP contribution in [0.5, 0.6) is 0 Å². The summed E-state index contributed by atoms with van der Waals surface area (Å²) in [6.45, 7) is 10.0. The molecule has 0 aromatic rings. The first-order valence-corrected chi connectivity index (χ1v) is 13.3. The van der Waals surface area contributed by atoms with Crippen molar-refractivity contribution in [1.29, 1.82) is 0 Å². The van der Waals surface area contributed by atoms with E-state index in [1.54, 1.807) is 0 Å². The Balaban J connectivity index is 1.31. The summed E-state index contributed by atoms with van der Waals surface area (Å²) in [7, 11) is 0. The molecule has 0 aromatic heterocycles. The van der Waals surface area contributed by atoms with Gasteiger partial charge in [0.1, 0.15) is 6.10 Å². The Morgan fingerprint density at radius 2 is 1.85 bits per heavy atom. The summed E-state index contributed by atoms with van der Waals surface area (Å²) in [5, 5.41) is 9.81. The van der Waals surface area contributed by atoms with Crippen LogP contribution in [0, 0.1) is 52.3 Å². The second-order valence-corrected chi connectivity index (χ2v) is 13.0. The number of hydrogen-bond donors (Lipinski definition) is 1. The highest BCUT2D eigenvalue weighted by Gasteiger charge is 2.70. The topological polar surface area (TPSA) is 82.1 Å². The van der Waals surface area contributed by atoms with E-state index in [4.69, 9.17) is 14.2 Å².